The minimum Gasteiger partial charge on any atom is -0.304 e. The van der Waals surface area contributed by atoms with E-state index in [1.54, 1.807) is 11.8 Å². The molecule has 0 bridgehead atoms. The summed E-state index contributed by atoms with van der Waals surface area (Å²) in [6.45, 7) is 2.15. The van der Waals surface area contributed by atoms with E-state index in [0.717, 1.165) is 23.8 Å². The zero-order chi connectivity index (χ0) is 11.7. The molecule has 5 heteroatoms. The summed E-state index contributed by atoms with van der Waals surface area (Å²) in [5.41, 5.74) is 4.71. The minimum absolute atomic E-state index is 0.248. The molecule has 0 saturated carbocycles. The van der Waals surface area contributed by atoms with Crippen molar-refractivity contribution < 1.29 is 0 Å². The normalized spacial score (nSPS) is 17.8. The summed E-state index contributed by atoms with van der Waals surface area (Å²) in [7, 11) is 0. The Kier molecular flexibility index (Phi) is 2.76. The van der Waals surface area contributed by atoms with Crippen LogP contribution in [0.25, 0.3) is 0 Å². The second-order valence-corrected chi connectivity index (χ2v) is 5.09. The van der Waals surface area contributed by atoms with Crippen molar-refractivity contribution in [2.45, 2.75) is 30.3 Å². The first kappa shape index (κ1) is 10.7. The lowest BCUT2D eigenvalue weighted by molar-refractivity contribution is 0.714. The van der Waals surface area contributed by atoms with Gasteiger partial charge >= 0.3 is 0 Å². The van der Waals surface area contributed by atoms with Crippen LogP contribution in [0, 0.1) is 0 Å². The van der Waals surface area contributed by atoms with E-state index in [0.29, 0.717) is 0 Å². The van der Waals surface area contributed by atoms with Gasteiger partial charge in [0.05, 0.1) is 0 Å². The molecule has 2 aromatic rings. The molecular formula is C12H14N4S. The maximum Gasteiger partial charge on any atom is 0.212 e. The van der Waals surface area contributed by atoms with Crippen LogP contribution >= 0.6 is 11.8 Å². The molecule has 1 aliphatic heterocycles. The van der Waals surface area contributed by atoms with E-state index in [2.05, 4.69) is 46.8 Å². The first-order valence-corrected chi connectivity index (χ1v) is 6.69. The number of rotatable bonds is 3. The molecule has 0 amide bonds. The quantitative estimate of drug-likeness (QED) is 0.904. The SMILES string of the molecule is CCCc1nnc2n1NC(c1ccccc1)S2. The van der Waals surface area contributed by atoms with Crippen LogP contribution in [0.1, 0.15) is 30.1 Å². The number of hydrogen-bond donors (Lipinski definition) is 1. The fraction of sp³-hybridized carbons (Fsp3) is 0.333. The largest absolute Gasteiger partial charge is 0.304 e. The summed E-state index contributed by atoms with van der Waals surface area (Å²) >= 11 is 1.71. The van der Waals surface area contributed by atoms with Gasteiger partial charge in [-0.2, -0.15) is 0 Å². The maximum atomic E-state index is 4.20. The van der Waals surface area contributed by atoms with Crippen LogP contribution in [0.3, 0.4) is 0 Å². The zero-order valence-electron chi connectivity index (χ0n) is 9.63. The Morgan fingerprint density at radius 2 is 2.12 bits per heavy atom. The second kappa shape index (κ2) is 4.41. The van der Waals surface area contributed by atoms with Crippen molar-refractivity contribution in [3.8, 4) is 0 Å². The Morgan fingerprint density at radius 1 is 1.29 bits per heavy atom. The number of nitrogens with one attached hydrogen (secondary N) is 1. The Balaban J connectivity index is 1.83. The highest BCUT2D eigenvalue weighted by Crippen LogP contribution is 2.38. The Hall–Kier alpha value is -1.49. The van der Waals surface area contributed by atoms with Gasteiger partial charge in [-0.25, -0.2) is 4.68 Å². The van der Waals surface area contributed by atoms with Gasteiger partial charge in [-0.05, 0) is 12.0 Å². The highest BCUT2D eigenvalue weighted by molar-refractivity contribution is 7.99. The molecule has 88 valence electrons. The van der Waals surface area contributed by atoms with Gasteiger partial charge in [0.15, 0.2) is 5.82 Å². The van der Waals surface area contributed by atoms with Crippen molar-refractivity contribution >= 4 is 11.8 Å². The molecule has 0 radical (unpaired) electrons. The molecule has 1 aromatic carbocycles. The highest BCUT2D eigenvalue weighted by atomic mass is 32.2. The van der Waals surface area contributed by atoms with Gasteiger partial charge in [-0.1, -0.05) is 49.0 Å². The third-order valence-electron chi connectivity index (χ3n) is 2.75. The fourth-order valence-electron chi connectivity index (χ4n) is 1.91. The Morgan fingerprint density at radius 3 is 2.88 bits per heavy atom. The molecule has 1 atom stereocenters. The van der Waals surface area contributed by atoms with Crippen LogP contribution < -0.4 is 5.43 Å². The van der Waals surface area contributed by atoms with Crippen molar-refractivity contribution in [1.82, 2.24) is 14.9 Å². The number of fused-ring (bicyclic) bond motifs is 1. The van der Waals surface area contributed by atoms with Crippen molar-refractivity contribution in [2.75, 3.05) is 5.43 Å². The summed E-state index contributed by atoms with van der Waals surface area (Å²) in [6, 6.07) is 10.4. The summed E-state index contributed by atoms with van der Waals surface area (Å²) in [4.78, 5) is 0. The molecule has 0 spiro atoms. The summed E-state index contributed by atoms with van der Waals surface area (Å²) < 4.78 is 2.02. The van der Waals surface area contributed by atoms with E-state index < -0.39 is 0 Å². The molecule has 3 rings (SSSR count). The number of aryl methyl sites for hydroxylation is 1. The predicted octanol–water partition coefficient (Wildman–Crippen LogP) is 2.58. The van der Waals surface area contributed by atoms with Crippen molar-refractivity contribution in [1.29, 1.82) is 0 Å². The molecule has 0 saturated heterocycles. The Bertz CT molecular complexity index is 508. The standard InChI is InChI=1S/C12H14N4S/c1-2-6-10-13-14-12-16(10)15-11(17-12)9-7-4-3-5-8-9/h3-5,7-8,11,15H,2,6H2,1H3. The molecule has 17 heavy (non-hydrogen) atoms. The van der Waals surface area contributed by atoms with Gasteiger partial charge in [0.1, 0.15) is 5.37 Å². The van der Waals surface area contributed by atoms with Gasteiger partial charge in [0, 0.05) is 6.42 Å². The van der Waals surface area contributed by atoms with Crippen LogP contribution in [0.4, 0.5) is 0 Å². The number of hydrogen-bond acceptors (Lipinski definition) is 4. The van der Waals surface area contributed by atoms with Crippen molar-refractivity contribution in [3.63, 3.8) is 0 Å². The first-order chi connectivity index (χ1) is 8.38. The van der Waals surface area contributed by atoms with Gasteiger partial charge in [-0.15, -0.1) is 10.2 Å². The molecule has 1 N–H and O–H groups in total. The molecule has 4 nitrogen and oxygen atoms in total. The lowest BCUT2D eigenvalue weighted by Crippen LogP contribution is -2.15. The minimum atomic E-state index is 0.248. The van der Waals surface area contributed by atoms with Crippen LogP contribution in [0.2, 0.25) is 0 Å². The molecule has 1 aliphatic rings. The Labute approximate surface area is 104 Å². The third-order valence-corrected chi connectivity index (χ3v) is 3.83. The fourth-order valence-corrected chi connectivity index (χ4v) is 2.92. The van der Waals surface area contributed by atoms with Gasteiger partial charge in [-0.3, -0.25) is 0 Å². The first-order valence-electron chi connectivity index (χ1n) is 5.81. The number of aromatic nitrogens is 3. The smallest absolute Gasteiger partial charge is 0.212 e. The van der Waals surface area contributed by atoms with Gasteiger partial charge < -0.3 is 5.43 Å². The van der Waals surface area contributed by atoms with Crippen LogP contribution in [0.5, 0.6) is 0 Å². The van der Waals surface area contributed by atoms with Crippen molar-refractivity contribution in [2.24, 2.45) is 0 Å². The monoisotopic (exact) mass is 246 g/mol. The number of benzene rings is 1. The molecule has 1 aromatic heterocycles. The number of nitrogens with zero attached hydrogens (tertiary/aromatic N) is 3. The molecule has 0 fully saturated rings. The second-order valence-electron chi connectivity index (χ2n) is 4.02. The van der Waals surface area contributed by atoms with Gasteiger partial charge in [0.25, 0.3) is 0 Å². The number of thioether (sulfide) groups is 1. The maximum absolute atomic E-state index is 4.20. The van der Waals surface area contributed by atoms with E-state index >= 15 is 0 Å². The van der Waals surface area contributed by atoms with E-state index in [4.69, 9.17) is 0 Å². The molecule has 0 aliphatic carbocycles. The third kappa shape index (κ3) is 1.91. The average molecular weight is 246 g/mol. The zero-order valence-corrected chi connectivity index (χ0v) is 10.4. The highest BCUT2D eigenvalue weighted by Gasteiger charge is 2.26. The van der Waals surface area contributed by atoms with E-state index in [1.807, 2.05) is 10.7 Å². The molecule has 2 heterocycles. The molecular weight excluding hydrogens is 232 g/mol. The average Bonchev–Trinajstić information content (AvgIpc) is 2.93. The van der Waals surface area contributed by atoms with Crippen LogP contribution in [-0.2, 0) is 6.42 Å². The predicted molar refractivity (Wildman–Crippen MR) is 68.4 cm³/mol. The van der Waals surface area contributed by atoms with Gasteiger partial charge in [0.2, 0.25) is 5.16 Å². The van der Waals surface area contributed by atoms with E-state index in [9.17, 15) is 0 Å². The van der Waals surface area contributed by atoms with Crippen LogP contribution in [0.15, 0.2) is 35.5 Å². The van der Waals surface area contributed by atoms with Crippen LogP contribution in [-0.4, -0.2) is 14.9 Å². The lowest BCUT2D eigenvalue weighted by atomic mass is 10.2. The summed E-state index contributed by atoms with van der Waals surface area (Å²) in [5, 5.41) is 9.60. The topological polar surface area (TPSA) is 42.7 Å². The van der Waals surface area contributed by atoms with E-state index in [1.165, 1.54) is 5.56 Å². The van der Waals surface area contributed by atoms with Crippen molar-refractivity contribution in [3.05, 3.63) is 41.7 Å². The summed E-state index contributed by atoms with van der Waals surface area (Å²) in [5.74, 6) is 1.02. The van der Waals surface area contributed by atoms with E-state index in [-0.39, 0.29) is 5.37 Å². The lowest BCUT2D eigenvalue weighted by Gasteiger charge is -2.11. The molecule has 1 unspecified atom stereocenters. The summed E-state index contributed by atoms with van der Waals surface area (Å²) in [6.07, 6.45) is 2.04.